The van der Waals surface area contributed by atoms with Crippen LogP contribution in [-0.2, 0) is 14.4 Å². The second-order valence-corrected chi connectivity index (χ2v) is 13.5. The minimum absolute atomic E-state index is 0.118. The van der Waals surface area contributed by atoms with Crippen molar-refractivity contribution in [2.75, 3.05) is 0 Å². The van der Waals surface area contributed by atoms with Crippen LogP contribution in [0.5, 0.6) is 0 Å². The van der Waals surface area contributed by atoms with Gasteiger partial charge in [-0.25, -0.2) is 27.9 Å². The molecule has 0 radical (unpaired) electrons. The number of primary sulfonamides is 1. The van der Waals surface area contributed by atoms with Crippen LogP contribution < -0.4 is 5.14 Å². The monoisotopic (exact) mass is 349 g/mol. The maximum Gasteiger partial charge on any atom is 0.214 e. The lowest BCUT2D eigenvalue weighted by molar-refractivity contribution is 0.172. The second kappa shape index (κ2) is 6.30. The summed E-state index contributed by atoms with van der Waals surface area (Å²) in [6.07, 6.45) is 1.04. The van der Waals surface area contributed by atoms with E-state index >= 15 is 0 Å². The molecule has 0 amide bonds. The highest BCUT2D eigenvalue weighted by Crippen LogP contribution is 2.40. The molecule has 0 fully saturated rings. The zero-order valence-corrected chi connectivity index (χ0v) is 15.6. The average Bonchev–Trinajstić information content (AvgIpc) is 2.34. The van der Waals surface area contributed by atoms with E-state index in [0.29, 0.717) is 0 Å². The van der Waals surface area contributed by atoms with Crippen molar-refractivity contribution >= 4 is 18.3 Å². The van der Waals surface area contributed by atoms with E-state index in [1.165, 1.54) is 6.92 Å². The Morgan fingerprint density at radius 2 is 1.73 bits per heavy atom. The number of hydrogen-bond donors (Lipinski definition) is 1. The molecule has 2 atom stereocenters. The first-order valence-corrected chi connectivity index (χ1v) is 11.4. The number of sulfonamides is 1. The smallest absolute Gasteiger partial charge is 0.214 e. The van der Waals surface area contributed by atoms with Crippen molar-refractivity contribution in [2.24, 2.45) is 5.14 Å². The molecule has 22 heavy (non-hydrogen) atoms. The van der Waals surface area contributed by atoms with Crippen LogP contribution in [0.15, 0.2) is 12.4 Å². The summed E-state index contributed by atoms with van der Waals surface area (Å²) in [6, 6.07) is 0. The van der Waals surface area contributed by atoms with Crippen LogP contribution >= 0.6 is 0 Å². The van der Waals surface area contributed by atoms with Gasteiger partial charge in [-0.2, -0.15) is 0 Å². The molecule has 0 aromatic carbocycles. The van der Waals surface area contributed by atoms with Crippen LogP contribution in [0.25, 0.3) is 0 Å². The van der Waals surface area contributed by atoms with Crippen LogP contribution in [0.2, 0.25) is 18.1 Å². The Kier molecular flexibility index (Phi) is 5.49. The Bertz CT molecular complexity index is 614. The van der Waals surface area contributed by atoms with Crippen LogP contribution in [0.4, 0.5) is 4.39 Å². The molecule has 9 heteroatoms. The summed E-state index contributed by atoms with van der Waals surface area (Å²) < 4.78 is 42.6. The van der Waals surface area contributed by atoms with Gasteiger partial charge in [-0.05, 0) is 25.1 Å². The van der Waals surface area contributed by atoms with Crippen molar-refractivity contribution in [3.8, 4) is 0 Å². The van der Waals surface area contributed by atoms with Gasteiger partial charge in [0.1, 0.15) is 11.4 Å². The molecule has 2 unspecified atom stereocenters. The van der Waals surface area contributed by atoms with Crippen molar-refractivity contribution < 1.29 is 17.2 Å². The van der Waals surface area contributed by atoms with Crippen molar-refractivity contribution in [3.63, 3.8) is 0 Å². The standard InChI is InChI=1S/C13H24FN3O3SSi/c1-9(21(15,18)19)11(12-16-7-10(14)8-17-12)20-22(5,6)13(2,3)4/h7-9,11H,1-6H3,(H2,15,18,19). The Labute approximate surface area is 132 Å². The lowest BCUT2D eigenvalue weighted by Crippen LogP contribution is -2.46. The van der Waals surface area contributed by atoms with E-state index in [9.17, 15) is 12.8 Å². The molecule has 1 rings (SSSR count). The minimum Gasteiger partial charge on any atom is -0.405 e. The van der Waals surface area contributed by atoms with E-state index < -0.39 is 35.5 Å². The van der Waals surface area contributed by atoms with Crippen molar-refractivity contribution in [1.82, 2.24) is 9.97 Å². The van der Waals surface area contributed by atoms with Crippen LogP contribution in [0.1, 0.15) is 39.6 Å². The molecule has 0 bridgehead atoms. The van der Waals surface area contributed by atoms with E-state index in [4.69, 9.17) is 9.56 Å². The van der Waals surface area contributed by atoms with Crippen LogP contribution in [0.3, 0.4) is 0 Å². The van der Waals surface area contributed by atoms with Gasteiger partial charge in [0, 0.05) is 0 Å². The van der Waals surface area contributed by atoms with Gasteiger partial charge in [-0.15, -0.1) is 0 Å². The third-order valence-corrected chi connectivity index (χ3v) is 9.81. The van der Waals surface area contributed by atoms with Gasteiger partial charge in [0.05, 0.1) is 12.4 Å². The molecular formula is C13H24FN3O3SSi. The highest BCUT2D eigenvalue weighted by molar-refractivity contribution is 7.89. The fourth-order valence-electron chi connectivity index (χ4n) is 1.49. The molecule has 1 aromatic rings. The van der Waals surface area contributed by atoms with Crippen LogP contribution in [0, 0.1) is 5.82 Å². The molecular weight excluding hydrogens is 325 g/mol. The van der Waals surface area contributed by atoms with E-state index in [2.05, 4.69) is 9.97 Å². The van der Waals surface area contributed by atoms with Gasteiger partial charge in [0.2, 0.25) is 10.0 Å². The maximum atomic E-state index is 13.0. The number of aromatic nitrogens is 2. The van der Waals surface area contributed by atoms with Gasteiger partial charge >= 0.3 is 0 Å². The van der Waals surface area contributed by atoms with Crippen molar-refractivity contribution in [3.05, 3.63) is 24.0 Å². The van der Waals surface area contributed by atoms with E-state index in [1.54, 1.807) is 0 Å². The molecule has 2 N–H and O–H groups in total. The highest BCUT2D eigenvalue weighted by atomic mass is 32.2. The van der Waals surface area contributed by atoms with Gasteiger partial charge in [-0.1, -0.05) is 20.8 Å². The summed E-state index contributed by atoms with van der Waals surface area (Å²) in [7, 11) is -6.15. The van der Waals surface area contributed by atoms with Gasteiger partial charge in [0.15, 0.2) is 20.0 Å². The summed E-state index contributed by atoms with van der Waals surface area (Å²) in [4.78, 5) is 7.74. The SMILES string of the molecule is CC(C(O[Si](C)(C)C(C)(C)C)c1ncc(F)cn1)S(N)(=O)=O. The quantitative estimate of drug-likeness (QED) is 0.823. The summed E-state index contributed by atoms with van der Waals surface area (Å²) >= 11 is 0. The number of halogens is 1. The van der Waals surface area contributed by atoms with Gasteiger partial charge < -0.3 is 4.43 Å². The fraction of sp³-hybridized carbons (Fsp3) is 0.692. The Morgan fingerprint density at radius 3 is 2.09 bits per heavy atom. The number of nitrogens with zero attached hydrogens (tertiary/aromatic N) is 2. The maximum absolute atomic E-state index is 13.0. The fourth-order valence-corrected chi connectivity index (χ4v) is 3.41. The molecule has 0 saturated heterocycles. The molecule has 0 aliphatic rings. The van der Waals surface area contributed by atoms with Gasteiger partial charge in [-0.3, -0.25) is 0 Å². The molecule has 0 aliphatic carbocycles. The molecule has 0 spiro atoms. The predicted molar refractivity (Wildman–Crippen MR) is 85.6 cm³/mol. The Morgan fingerprint density at radius 1 is 1.27 bits per heavy atom. The lowest BCUT2D eigenvalue weighted by Gasteiger charge is -2.39. The third kappa shape index (κ3) is 4.54. The van der Waals surface area contributed by atoms with E-state index in [0.717, 1.165) is 12.4 Å². The summed E-state index contributed by atoms with van der Waals surface area (Å²) in [5.41, 5.74) is 0. The first kappa shape index (κ1) is 19.1. The topological polar surface area (TPSA) is 95.2 Å². The van der Waals surface area contributed by atoms with Crippen molar-refractivity contribution in [2.45, 2.75) is 57.2 Å². The summed E-state index contributed by atoms with van der Waals surface area (Å²) in [5.74, 6) is -0.481. The first-order valence-electron chi connectivity index (χ1n) is 6.92. The zero-order chi connectivity index (χ0) is 17.3. The number of rotatable bonds is 5. The van der Waals surface area contributed by atoms with E-state index in [-0.39, 0.29) is 10.9 Å². The second-order valence-electron chi connectivity index (χ2n) is 6.85. The number of hydrogen-bond acceptors (Lipinski definition) is 5. The minimum atomic E-state index is -3.85. The normalized spacial score (nSPS) is 16.4. The largest absolute Gasteiger partial charge is 0.405 e. The summed E-state index contributed by atoms with van der Waals surface area (Å²) in [6.45, 7) is 11.5. The molecule has 126 valence electrons. The highest BCUT2D eigenvalue weighted by Gasteiger charge is 2.43. The van der Waals surface area contributed by atoms with Crippen molar-refractivity contribution in [1.29, 1.82) is 0 Å². The third-order valence-electron chi connectivity index (χ3n) is 4.07. The first-order chi connectivity index (χ1) is 9.75. The molecule has 6 nitrogen and oxygen atoms in total. The Hall–Kier alpha value is -0.903. The van der Waals surface area contributed by atoms with E-state index in [1.807, 2.05) is 33.9 Å². The average molecular weight is 350 g/mol. The van der Waals surface area contributed by atoms with Crippen LogP contribution in [-0.4, -0.2) is 32.0 Å². The Balaban J connectivity index is 3.27. The molecule has 1 heterocycles. The molecule has 1 aromatic heterocycles. The molecule has 0 aliphatic heterocycles. The molecule has 0 saturated carbocycles. The number of nitrogens with two attached hydrogens (primary N) is 1. The predicted octanol–water partition coefficient (Wildman–Crippen LogP) is 2.36. The summed E-state index contributed by atoms with van der Waals surface area (Å²) in [5, 5.41) is 4.08. The zero-order valence-electron chi connectivity index (χ0n) is 13.8. The lowest BCUT2D eigenvalue weighted by atomic mass is 10.2. The van der Waals surface area contributed by atoms with Gasteiger partial charge in [0.25, 0.3) is 0 Å².